The molecule has 2 aromatic carbocycles. The summed E-state index contributed by atoms with van der Waals surface area (Å²) < 4.78 is 58.4. The van der Waals surface area contributed by atoms with Gasteiger partial charge in [-0.05, 0) is 56.2 Å². The largest absolute Gasteiger partial charge is 0.495 e. The van der Waals surface area contributed by atoms with Gasteiger partial charge in [-0.25, -0.2) is 21.1 Å². The number of amides is 1. The third-order valence-electron chi connectivity index (χ3n) is 5.33. The van der Waals surface area contributed by atoms with Crippen LogP contribution in [0.15, 0.2) is 53.4 Å². The topological polar surface area (TPSA) is 122 Å². The Bertz CT molecular complexity index is 1160. The molecule has 1 fully saturated rings. The molecular weight excluding hydrogens is 454 g/mol. The van der Waals surface area contributed by atoms with Gasteiger partial charge in [0.2, 0.25) is 10.0 Å². The number of piperidine rings is 1. The van der Waals surface area contributed by atoms with Crippen molar-refractivity contribution in [3.63, 3.8) is 0 Å². The predicted octanol–water partition coefficient (Wildman–Crippen LogP) is 2.04. The van der Waals surface area contributed by atoms with E-state index in [0.29, 0.717) is 42.9 Å². The molecule has 1 saturated heterocycles. The summed E-state index contributed by atoms with van der Waals surface area (Å²) >= 11 is 0. The first-order valence-corrected chi connectivity index (χ1v) is 13.3. The van der Waals surface area contributed by atoms with Crippen molar-refractivity contribution < 1.29 is 26.4 Å². The SMILES string of the molecule is CCS(=O)(=O)N1CCC(NC(=O)c2ccc(S(=O)(=O)Nc3ccccc3OC)cc2)CC1. The summed E-state index contributed by atoms with van der Waals surface area (Å²) in [4.78, 5) is 12.6. The highest BCUT2D eigenvalue weighted by Crippen LogP contribution is 2.26. The van der Waals surface area contributed by atoms with Gasteiger partial charge in [0.15, 0.2) is 0 Å². The summed E-state index contributed by atoms with van der Waals surface area (Å²) in [6, 6.07) is 12.1. The first-order chi connectivity index (χ1) is 15.2. The predicted molar refractivity (Wildman–Crippen MR) is 122 cm³/mol. The fourth-order valence-electron chi connectivity index (χ4n) is 3.45. The zero-order valence-electron chi connectivity index (χ0n) is 17.9. The molecular formula is C21H27N3O6S2. The molecule has 11 heteroatoms. The van der Waals surface area contributed by atoms with Crippen LogP contribution in [0.1, 0.15) is 30.1 Å². The van der Waals surface area contributed by atoms with Gasteiger partial charge in [0.25, 0.3) is 15.9 Å². The summed E-state index contributed by atoms with van der Waals surface area (Å²) in [6.07, 6.45) is 1.06. The first-order valence-electron chi connectivity index (χ1n) is 10.2. The van der Waals surface area contributed by atoms with E-state index in [2.05, 4.69) is 10.0 Å². The summed E-state index contributed by atoms with van der Waals surface area (Å²) in [5.41, 5.74) is 0.637. The molecule has 0 unspecified atom stereocenters. The van der Waals surface area contributed by atoms with E-state index in [9.17, 15) is 21.6 Å². The lowest BCUT2D eigenvalue weighted by Crippen LogP contribution is -2.46. The van der Waals surface area contributed by atoms with Gasteiger partial charge in [-0.3, -0.25) is 9.52 Å². The van der Waals surface area contributed by atoms with Crippen LogP contribution in [0, 0.1) is 0 Å². The molecule has 1 aliphatic rings. The van der Waals surface area contributed by atoms with E-state index in [4.69, 9.17) is 4.74 Å². The Balaban J connectivity index is 1.62. The second-order valence-electron chi connectivity index (χ2n) is 7.38. The van der Waals surface area contributed by atoms with Crippen molar-refractivity contribution in [1.82, 2.24) is 9.62 Å². The second kappa shape index (κ2) is 9.88. The Morgan fingerprint density at radius 3 is 2.25 bits per heavy atom. The Kier molecular flexibility index (Phi) is 7.42. The molecule has 0 radical (unpaired) electrons. The van der Waals surface area contributed by atoms with Crippen molar-refractivity contribution in [2.24, 2.45) is 0 Å². The molecule has 174 valence electrons. The highest BCUT2D eigenvalue weighted by atomic mass is 32.2. The number of hydrogen-bond donors (Lipinski definition) is 2. The van der Waals surface area contributed by atoms with Gasteiger partial charge in [0, 0.05) is 24.7 Å². The Labute approximate surface area is 188 Å². The normalized spacial score (nSPS) is 15.8. The molecule has 0 aromatic heterocycles. The van der Waals surface area contributed by atoms with Gasteiger partial charge >= 0.3 is 0 Å². The van der Waals surface area contributed by atoms with Crippen LogP contribution in [-0.2, 0) is 20.0 Å². The molecule has 0 atom stereocenters. The van der Waals surface area contributed by atoms with E-state index in [1.54, 1.807) is 31.2 Å². The molecule has 0 aliphatic carbocycles. The van der Waals surface area contributed by atoms with Crippen molar-refractivity contribution in [1.29, 1.82) is 0 Å². The average molecular weight is 482 g/mol. The molecule has 1 amide bonds. The van der Waals surface area contributed by atoms with Gasteiger partial charge in [0.1, 0.15) is 5.75 Å². The molecule has 2 N–H and O–H groups in total. The molecule has 1 aliphatic heterocycles. The lowest BCUT2D eigenvalue weighted by atomic mass is 10.1. The maximum atomic E-state index is 12.7. The number of nitrogens with zero attached hydrogens (tertiary/aromatic N) is 1. The van der Waals surface area contributed by atoms with Gasteiger partial charge in [-0.1, -0.05) is 12.1 Å². The quantitative estimate of drug-likeness (QED) is 0.595. The molecule has 1 heterocycles. The smallest absolute Gasteiger partial charge is 0.262 e. The summed E-state index contributed by atoms with van der Waals surface area (Å²) in [6.45, 7) is 2.35. The number of hydrogen-bond acceptors (Lipinski definition) is 6. The fourth-order valence-corrected chi connectivity index (χ4v) is 5.65. The Hall–Kier alpha value is -2.63. The van der Waals surface area contributed by atoms with Gasteiger partial charge < -0.3 is 10.1 Å². The van der Waals surface area contributed by atoms with E-state index >= 15 is 0 Å². The molecule has 2 aromatic rings. The van der Waals surface area contributed by atoms with Gasteiger partial charge in [0.05, 0.1) is 23.4 Å². The van der Waals surface area contributed by atoms with E-state index in [-0.39, 0.29) is 22.6 Å². The highest BCUT2D eigenvalue weighted by molar-refractivity contribution is 7.92. The van der Waals surface area contributed by atoms with Crippen molar-refractivity contribution in [3.8, 4) is 5.75 Å². The molecule has 9 nitrogen and oxygen atoms in total. The molecule has 3 rings (SSSR count). The molecule has 0 bridgehead atoms. The van der Waals surface area contributed by atoms with E-state index in [0.717, 1.165) is 0 Å². The van der Waals surface area contributed by atoms with Crippen LogP contribution in [-0.4, -0.2) is 59.0 Å². The number of para-hydroxylation sites is 2. The van der Waals surface area contributed by atoms with Gasteiger partial charge in [-0.15, -0.1) is 0 Å². The second-order valence-corrected chi connectivity index (χ2v) is 11.3. The highest BCUT2D eigenvalue weighted by Gasteiger charge is 2.27. The van der Waals surface area contributed by atoms with Crippen molar-refractivity contribution >= 4 is 31.6 Å². The number of sulfonamides is 2. The minimum Gasteiger partial charge on any atom is -0.495 e. The van der Waals surface area contributed by atoms with Crippen LogP contribution in [0.2, 0.25) is 0 Å². The van der Waals surface area contributed by atoms with E-state index in [1.807, 2.05) is 0 Å². The number of anilines is 1. The Morgan fingerprint density at radius 1 is 1.03 bits per heavy atom. The first kappa shape index (κ1) is 24.0. The van der Waals surface area contributed by atoms with Crippen LogP contribution < -0.4 is 14.8 Å². The number of carbonyl (C=O) groups is 1. The standard InChI is InChI=1S/C21H27N3O6S2/c1-3-31(26,27)24-14-12-17(13-15-24)22-21(25)16-8-10-18(11-9-16)32(28,29)23-19-6-4-5-7-20(19)30-2/h4-11,17,23H,3,12-15H2,1-2H3,(H,22,25). The van der Waals surface area contributed by atoms with Crippen LogP contribution >= 0.6 is 0 Å². The number of ether oxygens (including phenoxy) is 1. The van der Waals surface area contributed by atoms with E-state index in [1.165, 1.54) is 35.7 Å². The number of carbonyl (C=O) groups excluding carboxylic acids is 1. The maximum absolute atomic E-state index is 12.7. The Morgan fingerprint density at radius 2 is 1.66 bits per heavy atom. The summed E-state index contributed by atoms with van der Waals surface area (Å²) in [7, 11) is -5.63. The lowest BCUT2D eigenvalue weighted by Gasteiger charge is -2.31. The third-order valence-corrected chi connectivity index (χ3v) is 8.59. The number of nitrogens with one attached hydrogen (secondary N) is 2. The van der Waals surface area contributed by atoms with Crippen LogP contribution in [0.3, 0.4) is 0 Å². The zero-order valence-corrected chi connectivity index (χ0v) is 19.6. The molecule has 32 heavy (non-hydrogen) atoms. The number of benzene rings is 2. The minimum absolute atomic E-state index is 0.0121. The monoisotopic (exact) mass is 481 g/mol. The maximum Gasteiger partial charge on any atom is 0.262 e. The summed E-state index contributed by atoms with van der Waals surface area (Å²) in [5.74, 6) is 0.124. The van der Waals surface area contributed by atoms with Crippen LogP contribution in [0.4, 0.5) is 5.69 Å². The van der Waals surface area contributed by atoms with Crippen molar-refractivity contribution in [3.05, 3.63) is 54.1 Å². The van der Waals surface area contributed by atoms with E-state index < -0.39 is 20.0 Å². The fraction of sp³-hybridized carbons (Fsp3) is 0.381. The van der Waals surface area contributed by atoms with Crippen molar-refractivity contribution in [2.75, 3.05) is 30.7 Å². The number of rotatable bonds is 8. The zero-order chi connectivity index (χ0) is 23.4. The lowest BCUT2D eigenvalue weighted by molar-refractivity contribution is 0.0923. The van der Waals surface area contributed by atoms with Gasteiger partial charge in [-0.2, -0.15) is 0 Å². The average Bonchev–Trinajstić information content (AvgIpc) is 2.79. The summed E-state index contributed by atoms with van der Waals surface area (Å²) in [5, 5.41) is 2.90. The van der Waals surface area contributed by atoms with Crippen LogP contribution in [0.5, 0.6) is 5.75 Å². The van der Waals surface area contributed by atoms with Crippen molar-refractivity contribution in [2.45, 2.75) is 30.7 Å². The molecule has 0 saturated carbocycles. The molecule has 0 spiro atoms. The minimum atomic E-state index is -3.86. The number of methoxy groups -OCH3 is 1. The third kappa shape index (κ3) is 5.59. The van der Waals surface area contributed by atoms with Crippen LogP contribution in [0.25, 0.3) is 0 Å².